The topological polar surface area (TPSA) is 50.2 Å². The molecule has 0 amide bonds. The average Bonchev–Trinajstić information content (AvgIpc) is 2.74. The third-order valence-corrected chi connectivity index (χ3v) is 4.57. The first-order valence-corrected chi connectivity index (χ1v) is 9.77. The quantitative estimate of drug-likeness (QED) is 0.165. The molecule has 0 fully saturated rings. The normalized spacial score (nSPS) is 10.6. The molecule has 159 valence electrons. The monoisotopic (exact) mass is 587 g/mol. The van der Waals surface area contributed by atoms with Crippen LogP contribution >= 0.6 is 0 Å². The van der Waals surface area contributed by atoms with Gasteiger partial charge < -0.3 is 5.11 Å². The Morgan fingerprint density at radius 1 is 0.935 bits per heavy atom. The number of carbonyl (C=O) groups excluding carboxylic acids is 1. The van der Waals surface area contributed by atoms with Gasteiger partial charge in [0.2, 0.25) is 0 Å². The molecule has 31 heavy (non-hydrogen) atoms. The standard InChI is InChI=1S/C22H16N.C5H8O2.Ir/c1-16-21(17-10-4-2-5-11-17)19-14-8-9-15-20(19)23-22(16)18-12-6-3-7-13-18;1-4(6)3-5(2)7;/h2-12,14-15H,1H3;3,6H,1-2H3;/q-1;;/b;4-3-;. The molecule has 3 nitrogen and oxygen atoms in total. The zero-order valence-electron chi connectivity index (χ0n) is 17.7. The first-order chi connectivity index (χ1) is 14.5. The van der Waals surface area contributed by atoms with Crippen molar-refractivity contribution in [3.63, 3.8) is 0 Å². The summed E-state index contributed by atoms with van der Waals surface area (Å²) < 4.78 is 0. The zero-order valence-corrected chi connectivity index (χ0v) is 20.1. The average molecular weight is 587 g/mol. The van der Waals surface area contributed by atoms with Crippen LogP contribution in [0.4, 0.5) is 0 Å². The van der Waals surface area contributed by atoms with Crippen LogP contribution in [0.5, 0.6) is 0 Å². The van der Waals surface area contributed by atoms with Crippen molar-refractivity contribution in [2.45, 2.75) is 20.8 Å². The Hall–Kier alpha value is -3.07. The van der Waals surface area contributed by atoms with Crippen molar-refractivity contribution in [1.82, 2.24) is 4.98 Å². The maximum atomic E-state index is 10.0. The summed E-state index contributed by atoms with van der Waals surface area (Å²) in [6.07, 6.45) is 1.17. The Morgan fingerprint density at radius 2 is 1.58 bits per heavy atom. The summed E-state index contributed by atoms with van der Waals surface area (Å²) in [7, 11) is 0. The molecule has 0 saturated carbocycles. The molecule has 0 aliphatic heterocycles. The number of aliphatic hydroxyl groups excluding tert-OH is 1. The van der Waals surface area contributed by atoms with E-state index in [9.17, 15) is 4.79 Å². The Bertz CT molecular complexity index is 1180. The number of pyridine rings is 1. The van der Waals surface area contributed by atoms with Crippen LogP contribution in [-0.2, 0) is 24.9 Å². The summed E-state index contributed by atoms with van der Waals surface area (Å²) in [6, 6.07) is 30.2. The third-order valence-electron chi connectivity index (χ3n) is 4.57. The van der Waals surface area contributed by atoms with Gasteiger partial charge in [0, 0.05) is 31.6 Å². The predicted molar refractivity (Wildman–Crippen MR) is 123 cm³/mol. The van der Waals surface area contributed by atoms with Gasteiger partial charge in [-0.15, -0.1) is 35.9 Å². The molecule has 4 aromatic rings. The van der Waals surface area contributed by atoms with Crippen molar-refractivity contribution < 1.29 is 30.0 Å². The summed E-state index contributed by atoms with van der Waals surface area (Å²) in [5.41, 5.74) is 6.72. The van der Waals surface area contributed by atoms with Crippen molar-refractivity contribution in [3.8, 4) is 22.4 Å². The molecule has 0 unspecified atom stereocenters. The molecule has 1 radical (unpaired) electrons. The Morgan fingerprint density at radius 3 is 2.16 bits per heavy atom. The van der Waals surface area contributed by atoms with E-state index in [-0.39, 0.29) is 31.6 Å². The SMILES string of the molecule is CC(=O)/C=C(/C)O.Cc1c(-c2[c-]cccc2)nc2ccccc2c1-c1ccccc1.[Ir]. The van der Waals surface area contributed by atoms with Crippen molar-refractivity contribution in [3.05, 3.63) is 102 Å². The molecule has 0 aliphatic rings. The van der Waals surface area contributed by atoms with Gasteiger partial charge in [-0.25, -0.2) is 0 Å². The number of fused-ring (bicyclic) bond motifs is 1. The number of allylic oxidation sites excluding steroid dienone is 2. The Balaban J connectivity index is 0.000000373. The van der Waals surface area contributed by atoms with E-state index >= 15 is 0 Å². The van der Waals surface area contributed by atoms with E-state index < -0.39 is 0 Å². The van der Waals surface area contributed by atoms with Crippen LogP contribution in [0.15, 0.2) is 90.7 Å². The van der Waals surface area contributed by atoms with Crippen LogP contribution in [0.3, 0.4) is 0 Å². The number of hydrogen-bond donors (Lipinski definition) is 1. The van der Waals surface area contributed by atoms with Crippen LogP contribution in [0.1, 0.15) is 19.4 Å². The van der Waals surface area contributed by atoms with Gasteiger partial charge in [-0.2, -0.15) is 0 Å². The molecule has 0 saturated heterocycles. The molecular formula is C27H24IrNO2-. The van der Waals surface area contributed by atoms with E-state index in [2.05, 4.69) is 61.5 Å². The second-order valence-corrected chi connectivity index (χ2v) is 7.02. The van der Waals surface area contributed by atoms with Crippen molar-refractivity contribution in [2.75, 3.05) is 0 Å². The first kappa shape index (κ1) is 24.2. The summed E-state index contributed by atoms with van der Waals surface area (Å²) in [5, 5.41) is 9.55. The van der Waals surface area contributed by atoms with Gasteiger partial charge in [0.05, 0.1) is 11.3 Å². The minimum Gasteiger partial charge on any atom is -0.512 e. The summed E-state index contributed by atoms with van der Waals surface area (Å²) in [4.78, 5) is 14.9. The van der Waals surface area contributed by atoms with E-state index in [0.717, 1.165) is 16.8 Å². The number of rotatable bonds is 3. The molecule has 4 heteroatoms. The van der Waals surface area contributed by atoms with Crippen LogP contribution < -0.4 is 0 Å². The minimum atomic E-state index is -0.125. The Labute approximate surface area is 196 Å². The maximum Gasteiger partial charge on any atom is 0.155 e. The molecule has 1 heterocycles. The van der Waals surface area contributed by atoms with Gasteiger partial charge in [0.1, 0.15) is 0 Å². The number of nitrogens with zero attached hydrogens (tertiary/aromatic N) is 1. The molecule has 3 aromatic carbocycles. The minimum absolute atomic E-state index is 0. The van der Waals surface area contributed by atoms with Crippen molar-refractivity contribution in [1.29, 1.82) is 0 Å². The molecule has 0 bridgehead atoms. The molecule has 1 aromatic heterocycles. The number of benzene rings is 3. The van der Waals surface area contributed by atoms with Gasteiger partial charge in [0.25, 0.3) is 0 Å². The first-order valence-electron chi connectivity index (χ1n) is 9.77. The summed E-state index contributed by atoms with van der Waals surface area (Å²) in [6.45, 7) is 5.00. The van der Waals surface area contributed by atoms with E-state index in [4.69, 9.17) is 10.1 Å². The number of aliphatic hydroxyl groups is 1. The second kappa shape index (κ2) is 11.4. The summed E-state index contributed by atoms with van der Waals surface area (Å²) >= 11 is 0. The van der Waals surface area contributed by atoms with E-state index in [1.807, 2.05) is 30.3 Å². The fourth-order valence-corrected chi connectivity index (χ4v) is 3.38. The van der Waals surface area contributed by atoms with Gasteiger partial charge in [-0.3, -0.25) is 9.78 Å². The Kier molecular flexibility index (Phi) is 8.87. The van der Waals surface area contributed by atoms with Crippen LogP contribution in [-0.4, -0.2) is 15.9 Å². The van der Waals surface area contributed by atoms with E-state index in [0.29, 0.717) is 0 Å². The van der Waals surface area contributed by atoms with Gasteiger partial charge >= 0.3 is 0 Å². The number of carbonyl (C=O) groups is 1. The van der Waals surface area contributed by atoms with Gasteiger partial charge in [-0.1, -0.05) is 54.1 Å². The maximum absolute atomic E-state index is 10.0. The number of ketones is 1. The van der Waals surface area contributed by atoms with Crippen LogP contribution in [0.25, 0.3) is 33.3 Å². The van der Waals surface area contributed by atoms with E-state index in [1.54, 1.807) is 0 Å². The van der Waals surface area contributed by atoms with Crippen molar-refractivity contribution in [2.24, 2.45) is 0 Å². The van der Waals surface area contributed by atoms with Gasteiger partial charge in [-0.05, 0) is 43.7 Å². The molecule has 0 spiro atoms. The second-order valence-electron chi connectivity index (χ2n) is 7.02. The van der Waals surface area contributed by atoms with Crippen LogP contribution in [0, 0.1) is 13.0 Å². The largest absolute Gasteiger partial charge is 0.512 e. The van der Waals surface area contributed by atoms with Crippen molar-refractivity contribution >= 4 is 16.7 Å². The van der Waals surface area contributed by atoms with Gasteiger partial charge in [0.15, 0.2) is 5.78 Å². The summed E-state index contributed by atoms with van der Waals surface area (Å²) in [5.74, 6) is -0.0625. The molecule has 4 rings (SSSR count). The molecule has 0 atom stereocenters. The number of aromatic nitrogens is 1. The number of hydrogen-bond acceptors (Lipinski definition) is 3. The number of para-hydroxylation sites is 1. The van der Waals surface area contributed by atoms with E-state index in [1.165, 1.54) is 42.0 Å². The zero-order chi connectivity index (χ0) is 21.5. The molecule has 1 N–H and O–H groups in total. The smallest absolute Gasteiger partial charge is 0.155 e. The molecular weight excluding hydrogens is 563 g/mol. The molecule has 0 aliphatic carbocycles. The predicted octanol–water partition coefficient (Wildman–Crippen LogP) is 6.71. The fraction of sp³-hybridized carbons (Fsp3) is 0.111. The fourth-order valence-electron chi connectivity index (χ4n) is 3.38. The van der Waals surface area contributed by atoms with Crippen LogP contribution in [0.2, 0.25) is 0 Å². The third kappa shape index (κ3) is 6.21.